The fourth-order valence-corrected chi connectivity index (χ4v) is 3.35. The van der Waals surface area contributed by atoms with Crippen LogP contribution in [-0.2, 0) is 10.0 Å². The van der Waals surface area contributed by atoms with Crippen molar-refractivity contribution in [1.29, 1.82) is 0 Å². The number of hydrogen-bond donors (Lipinski definition) is 1. The summed E-state index contributed by atoms with van der Waals surface area (Å²) in [5, 5.41) is 5.21. The van der Waals surface area contributed by atoms with Crippen molar-refractivity contribution < 1.29 is 13.2 Å². The van der Waals surface area contributed by atoms with E-state index < -0.39 is 10.0 Å². The third-order valence-electron chi connectivity index (χ3n) is 3.23. The third kappa shape index (κ3) is 5.13. The van der Waals surface area contributed by atoms with E-state index in [9.17, 15) is 8.42 Å². The molecule has 5 heteroatoms. The molecule has 0 heterocycles. The van der Waals surface area contributed by atoms with Crippen molar-refractivity contribution in [2.24, 2.45) is 5.14 Å². The molecular formula is C15H25NO3S. The van der Waals surface area contributed by atoms with E-state index in [0.29, 0.717) is 23.5 Å². The molecule has 0 unspecified atom stereocenters. The zero-order chi connectivity index (χ0) is 15.2. The third-order valence-corrected chi connectivity index (χ3v) is 4.45. The molecule has 1 aromatic carbocycles. The Kier molecular flexibility index (Phi) is 6.49. The second-order valence-corrected chi connectivity index (χ2v) is 6.69. The number of rotatable bonds is 8. The Morgan fingerprint density at radius 3 is 2.10 bits per heavy atom. The van der Waals surface area contributed by atoms with Gasteiger partial charge in [-0.15, -0.1) is 0 Å². The number of aryl methyl sites for hydroxylation is 2. The lowest BCUT2D eigenvalue weighted by Gasteiger charge is -2.12. The van der Waals surface area contributed by atoms with Gasteiger partial charge in [0.2, 0.25) is 10.0 Å². The Labute approximate surface area is 122 Å². The SMILES string of the molecule is CCCCCCCOc1cc(C)c(S(N)(=O)=O)c(C)c1. The molecule has 1 aromatic rings. The first-order valence-corrected chi connectivity index (χ1v) is 8.67. The molecule has 0 radical (unpaired) electrons. The zero-order valence-electron chi connectivity index (χ0n) is 12.6. The highest BCUT2D eigenvalue weighted by Gasteiger charge is 2.16. The first-order chi connectivity index (χ1) is 9.36. The molecule has 0 aliphatic carbocycles. The monoisotopic (exact) mass is 299 g/mol. The zero-order valence-corrected chi connectivity index (χ0v) is 13.4. The highest BCUT2D eigenvalue weighted by atomic mass is 32.2. The van der Waals surface area contributed by atoms with Gasteiger partial charge in [-0.25, -0.2) is 13.6 Å². The summed E-state index contributed by atoms with van der Waals surface area (Å²) in [7, 11) is -3.67. The maximum absolute atomic E-state index is 11.5. The standard InChI is InChI=1S/C15H25NO3S/c1-4-5-6-7-8-9-19-14-10-12(2)15(13(3)11-14)20(16,17)18/h10-11H,4-9H2,1-3H3,(H2,16,17,18). The number of benzene rings is 1. The van der Waals surface area contributed by atoms with E-state index in [1.807, 2.05) is 0 Å². The van der Waals surface area contributed by atoms with E-state index >= 15 is 0 Å². The van der Waals surface area contributed by atoms with Crippen LogP contribution in [0.25, 0.3) is 0 Å². The van der Waals surface area contributed by atoms with E-state index in [1.165, 1.54) is 25.7 Å². The molecule has 0 aromatic heterocycles. The Balaban J connectivity index is 2.62. The van der Waals surface area contributed by atoms with Gasteiger partial charge in [0.15, 0.2) is 0 Å². The smallest absolute Gasteiger partial charge is 0.238 e. The van der Waals surface area contributed by atoms with Gasteiger partial charge in [-0.3, -0.25) is 0 Å². The average molecular weight is 299 g/mol. The number of sulfonamides is 1. The summed E-state index contributed by atoms with van der Waals surface area (Å²) < 4.78 is 28.6. The lowest BCUT2D eigenvalue weighted by molar-refractivity contribution is 0.304. The van der Waals surface area contributed by atoms with Crippen LogP contribution in [0.5, 0.6) is 5.75 Å². The summed E-state index contributed by atoms with van der Waals surface area (Å²) in [5.41, 5.74) is 1.27. The molecule has 1 rings (SSSR count). The van der Waals surface area contributed by atoms with Gasteiger partial charge >= 0.3 is 0 Å². The Morgan fingerprint density at radius 1 is 1.05 bits per heavy atom. The fourth-order valence-electron chi connectivity index (χ4n) is 2.34. The second kappa shape index (κ2) is 7.64. The maximum Gasteiger partial charge on any atom is 0.238 e. The summed E-state index contributed by atoms with van der Waals surface area (Å²) in [4.78, 5) is 0.202. The summed E-state index contributed by atoms with van der Waals surface area (Å²) >= 11 is 0. The minimum atomic E-state index is -3.67. The molecule has 0 bridgehead atoms. The van der Waals surface area contributed by atoms with Gasteiger partial charge in [-0.05, 0) is 43.5 Å². The van der Waals surface area contributed by atoms with Crippen LogP contribution in [0, 0.1) is 13.8 Å². The molecule has 0 saturated heterocycles. The van der Waals surface area contributed by atoms with Crippen molar-refractivity contribution >= 4 is 10.0 Å². The highest BCUT2D eigenvalue weighted by molar-refractivity contribution is 7.89. The Hall–Kier alpha value is -1.07. The molecule has 0 spiro atoms. The van der Waals surface area contributed by atoms with Crippen molar-refractivity contribution in [3.05, 3.63) is 23.3 Å². The van der Waals surface area contributed by atoms with Gasteiger partial charge in [0, 0.05) is 0 Å². The van der Waals surface area contributed by atoms with Crippen LogP contribution in [-0.4, -0.2) is 15.0 Å². The normalized spacial score (nSPS) is 11.6. The fraction of sp³-hybridized carbons (Fsp3) is 0.600. The molecule has 20 heavy (non-hydrogen) atoms. The number of primary sulfonamides is 1. The van der Waals surface area contributed by atoms with Gasteiger partial charge in [-0.1, -0.05) is 32.6 Å². The Bertz CT molecular complexity index is 515. The summed E-state index contributed by atoms with van der Waals surface area (Å²) in [5.74, 6) is 0.711. The summed E-state index contributed by atoms with van der Waals surface area (Å²) in [6.45, 7) is 6.33. The van der Waals surface area contributed by atoms with E-state index in [-0.39, 0.29) is 4.90 Å². The lowest BCUT2D eigenvalue weighted by atomic mass is 10.1. The summed E-state index contributed by atoms with van der Waals surface area (Å²) in [6, 6.07) is 3.47. The van der Waals surface area contributed by atoms with Gasteiger partial charge < -0.3 is 4.74 Å². The van der Waals surface area contributed by atoms with E-state index in [1.54, 1.807) is 26.0 Å². The lowest BCUT2D eigenvalue weighted by Crippen LogP contribution is -2.15. The van der Waals surface area contributed by atoms with Crippen molar-refractivity contribution in [1.82, 2.24) is 0 Å². The summed E-state index contributed by atoms with van der Waals surface area (Å²) in [6.07, 6.45) is 5.92. The van der Waals surface area contributed by atoms with Gasteiger partial charge in [0.05, 0.1) is 11.5 Å². The molecule has 0 amide bonds. The van der Waals surface area contributed by atoms with Gasteiger partial charge in [0.1, 0.15) is 5.75 Å². The molecule has 4 nitrogen and oxygen atoms in total. The molecule has 114 valence electrons. The molecule has 0 saturated carbocycles. The first-order valence-electron chi connectivity index (χ1n) is 7.13. The van der Waals surface area contributed by atoms with E-state index in [0.717, 1.165) is 6.42 Å². The highest BCUT2D eigenvalue weighted by Crippen LogP contribution is 2.25. The molecule has 0 atom stereocenters. The van der Waals surface area contributed by atoms with Crippen molar-refractivity contribution in [2.75, 3.05) is 6.61 Å². The van der Waals surface area contributed by atoms with E-state index in [2.05, 4.69) is 6.92 Å². The number of unbranched alkanes of at least 4 members (excludes halogenated alkanes) is 4. The van der Waals surface area contributed by atoms with Crippen LogP contribution >= 0.6 is 0 Å². The number of hydrogen-bond acceptors (Lipinski definition) is 3. The van der Waals surface area contributed by atoms with E-state index in [4.69, 9.17) is 9.88 Å². The van der Waals surface area contributed by atoms with Crippen LogP contribution in [0.3, 0.4) is 0 Å². The van der Waals surface area contributed by atoms with Crippen LogP contribution < -0.4 is 9.88 Å². The molecule has 0 aliphatic rings. The first kappa shape index (κ1) is 17.0. The molecular weight excluding hydrogens is 274 g/mol. The van der Waals surface area contributed by atoms with Crippen LogP contribution in [0.15, 0.2) is 17.0 Å². The number of ether oxygens (including phenoxy) is 1. The Morgan fingerprint density at radius 2 is 1.60 bits per heavy atom. The second-order valence-electron chi connectivity index (χ2n) is 5.19. The van der Waals surface area contributed by atoms with Crippen molar-refractivity contribution in [3.8, 4) is 5.75 Å². The molecule has 0 fully saturated rings. The minimum Gasteiger partial charge on any atom is -0.494 e. The van der Waals surface area contributed by atoms with Gasteiger partial charge in [-0.2, -0.15) is 0 Å². The van der Waals surface area contributed by atoms with Crippen LogP contribution in [0.2, 0.25) is 0 Å². The van der Waals surface area contributed by atoms with Crippen molar-refractivity contribution in [2.45, 2.75) is 57.8 Å². The number of nitrogens with two attached hydrogens (primary N) is 1. The molecule has 2 N–H and O–H groups in total. The minimum absolute atomic E-state index is 0.202. The predicted molar refractivity (Wildman–Crippen MR) is 81.5 cm³/mol. The quantitative estimate of drug-likeness (QED) is 0.749. The topological polar surface area (TPSA) is 69.4 Å². The van der Waals surface area contributed by atoms with Crippen LogP contribution in [0.1, 0.15) is 50.2 Å². The van der Waals surface area contributed by atoms with Crippen molar-refractivity contribution in [3.63, 3.8) is 0 Å². The molecule has 0 aliphatic heterocycles. The largest absolute Gasteiger partial charge is 0.494 e. The van der Waals surface area contributed by atoms with Crippen LogP contribution in [0.4, 0.5) is 0 Å². The predicted octanol–water partition coefficient (Wildman–Crippen LogP) is 3.30. The van der Waals surface area contributed by atoms with Gasteiger partial charge in [0.25, 0.3) is 0 Å². The maximum atomic E-state index is 11.5. The average Bonchev–Trinajstić information content (AvgIpc) is 2.31.